The van der Waals surface area contributed by atoms with Crippen LogP contribution >= 0.6 is 0 Å². The molecule has 0 atom stereocenters. The molecular formula is C22H28N2O2. The lowest BCUT2D eigenvalue weighted by molar-refractivity contribution is -0.131. The maximum Gasteiger partial charge on any atom is 0.222 e. The largest absolute Gasteiger partial charge is 0.497 e. The molecule has 1 amide bonds. The molecule has 0 N–H and O–H groups in total. The number of anilines is 1. The van der Waals surface area contributed by atoms with E-state index >= 15 is 0 Å². The second kappa shape index (κ2) is 9.27. The van der Waals surface area contributed by atoms with Crippen molar-refractivity contribution in [3.05, 3.63) is 60.2 Å². The number of methoxy groups -OCH3 is 1. The van der Waals surface area contributed by atoms with E-state index in [1.807, 2.05) is 23.1 Å². The highest BCUT2D eigenvalue weighted by atomic mass is 16.5. The SMILES string of the molecule is COc1ccc(N2CCN(C(=O)CCCCc3ccccc3)CC2)cc1. The molecule has 2 aromatic rings. The smallest absolute Gasteiger partial charge is 0.222 e. The number of carbonyl (C=O) groups is 1. The van der Waals surface area contributed by atoms with Gasteiger partial charge in [0.05, 0.1) is 7.11 Å². The minimum Gasteiger partial charge on any atom is -0.497 e. The molecule has 0 bridgehead atoms. The third kappa shape index (κ3) is 5.01. The van der Waals surface area contributed by atoms with Crippen LogP contribution < -0.4 is 9.64 Å². The number of amides is 1. The fourth-order valence-corrected chi connectivity index (χ4v) is 3.42. The van der Waals surface area contributed by atoms with E-state index < -0.39 is 0 Å². The van der Waals surface area contributed by atoms with Crippen LogP contribution in [0.1, 0.15) is 24.8 Å². The maximum atomic E-state index is 12.4. The average molecular weight is 352 g/mol. The van der Waals surface area contributed by atoms with E-state index in [0.717, 1.165) is 51.2 Å². The lowest BCUT2D eigenvalue weighted by atomic mass is 10.1. The summed E-state index contributed by atoms with van der Waals surface area (Å²) in [6.07, 6.45) is 3.75. The second-order valence-corrected chi connectivity index (χ2v) is 6.76. The van der Waals surface area contributed by atoms with Crippen LogP contribution in [0.5, 0.6) is 5.75 Å². The molecule has 26 heavy (non-hydrogen) atoms. The number of unbranched alkanes of at least 4 members (excludes halogenated alkanes) is 1. The zero-order valence-corrected chi connectivity index (χ0v) is 15.6. The predicted octanol–water partition coefficient (Wildman–Crippen LogP) is 3.76. The van der Waals surface area contributed by atoms with E-state index in [9.17, 15) is 4.79 Å². The van der Waals surface area contributed by atoms with Gasteiger partial charge in [-0.15, -0.1) is 0 Å². The monoisotopic (exact) mass is 352 g/mol. The third-order valence-electron chi connectivity index (χ3n) is 5.02. The van der Waals surface area contributed by atoms with Gasteiger partial charge in [0.15, 0.2) is 0 Å². The van der Waals surface area contributed by atoms with Crippen molar-refractivity contribution in [3.8, 4) is 5.75 Å². The summed E-state index contributed by atoms with van der Waals surface area (Å²) in [7, 11) is 1.68. The normalized spacial score (nSPS) is 14.3. The van der Waals surface area contributed by atoms with Gasteiger partial charge in [0.2, 0.25) is 5.91 Å². The molecule has 3 rings (SSSR count). The number of carbonyl (C=O) groups excluding carboxylic acids is 1. The van der Waals surface area contributed by atoms with Gasteiger partial charge in [-0.2, -0.15) is 0 Å². The standard InChI is InChI=1S/C22H28N2O2/c1-26-21-13-11-20(12-14-21)23-15-17-24(18-16-23)22(25)10-6-5-9-19-7-3-2-4-8-19/h2-4,7-8,11-14H,5-6,9-10,15-18H2,1H3. The highest BCUT2D eigenvalue weighted by Gasteiger charge is 2.20. The Balaban J connectivity index is 1.37. The number of hydrogen-bond donors (Lipinski definition) is 0. The van der Waals surface area contributed by atoms with Crippen LogP contribution in [0.15, 0.2) is 54.6 Å². The first-order valence-electron chi connectivity index (χ1n) is 9.47. The van der Waals surface area contributed by atoms with Gasteiger partial charge in [-0.25, -0.2) is 0 Å². The molecule has 1 fully saturated rings. The quantitative estimate of drug-likeness (QED) is 0.712. The van der Waals surface area contributed by atoms with E-state index in [1.54, 1.807) is 7.11 Å². The van der Waals surface area contributed by atoms with E-state index in [-0.39, 0.29) is 0 Å². The van der Waals surface area contributed by atoms with Crippen molar-refractivity contribution in [2.45, 2.75) is 25.7 Å². The first kappa shape index (κ1) is 18.3. The Labute approximate surface area is 156 Å². The van der Waals surface area contributed by atoms with Crippen LogP contribution in [0.25, 0.3) is 0 Å². The van der Waals surface area contributed by atoms with Crippen molar-refractivity contribution in [2.75, 3.05) is 38.2 Å². The predicted molar refractivity (Wildman–Crippen MR) is 106 cm³/mol. The highest BCUT2D eigenvalue weighted by molar-refractivity contribution is 5.76. The summed E-state index contributed by atoms with van der Waals surface area (Å²) in [5.74, 6) is 1.17. The second-order valence-electron chi connectivity index (χ2n) is 6.76. The van der Waals surface area contributed by atoms with E-state index in [0.29, 0.717) is 12.3 Å². The molecule has 138 valence electrons. The van der Waals surface area contributed by atoms with Crippen molar-refractivity contribution in [1.29, 1.82) is 0 Å². The Hall–Kier alpha value is -2.49. The number of ether oxygens (including phenoxy) is 1. The molecule has 4 nitrogen and oxygen atoms in total. The van der Waals surface area contributed by atoms with Gasteiger partial charge in [0, 0.05) is 38.3 Å². The van der Waals surface area contributed by atoms with Crippen molar-refractivity contribution < 1.29 is 9.53 Å². The number of benzene rings is 2. The topological polar surface area (TPSA) is 32.8 Å². The molecule has 1 aliphatic rings. The van der Waals surface area contributed by atoms with Crippen LogP contribution in [-0.2, 0) is 11.2 Å². The average Bonchev–Trinajstić information content (AvgIpc) is 2.72. The van der Waals surface area contributed by atoms with Gasteiger partial charge in [-0.05, 0) is 49.1 Å². The Morgan fingerprint density at radius 2 is 1.62 bits per heavy atom. The first-order chi connectivity index (χ1) is 12.8. The number of rotatable bonds is 7. The minimum atomic E-state index is 0.299. The molecular weight excluding hydrogens is 324 g/mol. The summed E-state index contributed by atoms with van der Waals surface area (Å²) in [6.45, 7) is 3.40. The van der Waals surface area contributed by atoms with Crippen molar-refractivity contribution in [1.82, 2.24) is 4.90 Å². The molecule has 0 radical (unpaired) electrons. The number of piperazine rings is 1. The molecule has 0 aromatic heterocycles. The van der Waals surface area contributed by atoms with E-state index in [1.165, 1.54) is 11.3 Å². The third-order valence-corrected chi connectivity index (χ3v) is 5.02. The summed E-state index contributed by atoms with van der Waals surface area (Å²) >= 11 is 0. The van der Waals surface area contributed by atoms with Crippen molar-refractivity contribution in [2.24, 2.45) is 0 Å². The molecule has 0 saturated carbocycles. The van der Waals surface area contributed by atoms with Gasteiger partial charge in [-0.3, -0.25) is 4.79 Å². The molecule has 1 heterocycles. The maximum absolute atomic E-state index is 12.4. The Morgan fingerprint density at radius 3 is 2.27 bits per heavy atom. The zero-order valence-electron chi connectivity index (χ0n) is 15.6. The Morgan fingerprint density at radius 1 is 0.923 bits per heavy atom. The molecule has 4 heteroatoms. The molecule has 1 saturated heterocycles. The van der Waals surface area contributed by atoms with Crippen LogP contribution in [0.3, 0.4) is 0 Å². The van der Waals surface area contributed by atoms with Crippen LogP contribution in [-0.4, -0.2) is 44.1 Å². The molecule has 0 unspecified atom stereocenters. The molecule has 0 spiro atoms. The van der Waals surface area contributed by atoms with Gasteiger partial charge >= 0.3 is 0 Å². The lowest BCUT2D eigenvalue weighted by Gasteiger charge is -2.36. The number of nitrogens with zero attached hydrogens (tertiary/aromatic N) is 2. The van der Waals surface area contributed by atoms with Crippen molar-refractivity contribution in [3.63, 3.8) is 0 Å². The summed E-state index contributed by atoms with van der Waals surface area (Å²) in [6, 6.07) is 18.6. The van der Waals surface area contributed by atoms with Gasteiger partial charge in [0.25, 0.3) is 0 Å². The van der Waals surface area contributed by atoms with E-state index in [2.05, 4.69) is 41.3 Å². The first-order valence-corrected chi connectivity index (χ1v) is 9.47. The fourth-order valence-electron chi connectivity index (χ4n) is 3.42. The number of hydrogen-bond acceptors (Lipinski definition) is 3. The molecule has 0 aliphatic carbocycles. The molecule has 2 aromatic carbocycles. The van der Waals surface area contributed by atoms with Gasteiger partial charge in [0.1, 0.15) is 5.75 Å². The summed E-state index contributed by atoms with van der Waals surface area (Å²) in [5.41, 5.74) is 2.55. The lowest BCUT2D eigenvalue weighted by Crippen LogP contribution is -2.48. The fraction of sp³-hybridized carbons (Fsp3) is 0.409. The van der Waals surface area contributed by atoms with Gasteiger partial charge in [-0.1, -0.05) is 30.3 Å². The van der Waals surface area contributed by atoms with Crippen LogP contribution in [0, 0.1) is 0 Å². The van der Waals surface area contributed by atoms with Crippen LogP contribution in [0.4, 0.5) is 5.69 Å². The zero-order chi connectivity index (χ0) is 18.2. The van der Waals surface area contributed by atoms with Crippen LogP contribution in [0.2, 0.25) is 0 Å². The van der Waals surface area contributed by atoms with E-state index in [4.69, 9.17) is 4.74 Å². The Kier molecular flexibility index (Phi) is 6.53. The summed E-state index contributed by atoms with van der Waals surface area (Å²) in [5, 5.41) is 0. The van der Waals surface area contributed by atoms with Crippen molar-refractivity contribution >= 4 is 11.6 Å². The molecule has 1 aliphatic heterocycles. The van der Waals surface area contributed by atoms with Gasteiger partial charge < -0.3 is 14.5 Å². The Bertz CT molecular complexity index is 677. The highest BCUT2D eigenvalue weighted by Crippen LogP contribution is 2.20. The minimum absolute atomic E-state index is 0.299. The number of aryl methyl sites for hydroxylation is 1. The summed E-state index contributed by atoms with van der Waals surface area (Å²) < 4.78 is 5.21. The summed E-state index contributed by atoms with van der Waals surface area (Å²) in [4.78, 5) is 16.8.